The number of benzene rings is 3. The molecule has 0 radical (unpaired) electrons. The van der Waals surface area contributed by atoms with Crippen LogP contribution in [0.2, 0.25) is 0 Å². The molecule has 190 valence electrons. The standard InChI is InChI=1S/C31H31NO5/c1-20-16-18-22(19-17-20)26(21(2)27(33)36-6)31(23-12-8-7-9-13-23)24-14-10-11-15-25(24)32(28(31)34)29(35)37-30(3,4)5/h7-19,26H,2H2,1,3-6H3/t26-,31+/m1/s1. The normalized spacial score (nSPS) is 17.6. The van der Waals surface area contributed by atoms with Crippen LogP contribution in [-0.4, -0.2) is 30.7 Å². The third-order valence-electron chi connectivity index (χ3n) is 6.56. The van der Waals surface area contributed by atoms with Crippen LogP contribution in [0.15, 0.2) is 91.0 Å². The summed E-state index contributed by atoms with van der Waals surface area (Å²) in [7, 11) is 1.28. The monoisotopic (exact) mass is 497 g/mol. The molecule has 0 spiro atoms. The highest BCUT2D eigenvalue weighted by Crippen LogP contribution is 2.56. The van der Waals surface area contributed by atoms with E-state index in [0.29, 0.717) is 22.4 Å². The van der Waals surface area contributed by atoms with Crippen molar-refractivity contribution in [2.45, 2.75) is 44.6 Å². The Morgan fingerprint density at radius 1 is 0.919 bits per heavy atom. The van der Waals surface area contributed by atoms with E-state index >= 15 is 0 Å². The molecular formula is C31H31NO5. The second kappa shape index (κ2) is 9.69. The Hall–Kier alpha value is -4.19. The van der Waals surface area contributed by atoms with Crippen LogP contribution in [0.4, 0.5) is 10.5 Å². The van der Waals surface area contributed by atoms with Gasteiger partial charge in [-0.15, -0.1) is 0 Å². The summed E-state index contributed by atoms with van der Waals surface area (Å²) in [5.41, 5.74) is 1.10. The van der Waals surface area contributed by atoms with Crippen molar-refractivity contribution in [1.29, 1.82) is 0 Å². The summed E-state index contributed by atoms with van der Waals surface area (Å²) in [5.74, 6) is -2.03. The van der Waals surface area contributed by atoms with Crippen LogP contribution in [0.1, 0.15) is 48.9 Å². The van der Waals surface area contributed by atoms with E-state index in [4.69, 9.17) is 9.47 Å². The number of anilines is 1. The van der Waals surface area contributed by atoms with Gasteiger partial charge in [-0.05, 0) is 50.5 Å². The lowest BCUT2D eigenvalue weighted by molar-refractivity contribution is -0.136. The van der Waals surface area contributed by atoms with Crippen molar-refractivity contribution in [3.63, 3.8) is 0 Å². The van der Waals surface area contributed by atoms with Crippen LogP contribution >= 0.6 is 0 Å². The highest BCUT2D eigenvalue weighted by atomic mass is 16.6. The van der Waals surface area contributed by atoms with Gasteiger partial charge in [0, 0.05) is 11.5 Å². The van der Waals surface area contributed by atoms with E-state index in [1.165, 1.54) is 7.11 Å². The van der Waals surface area contributed by atoms with Gasteiger partial charge in [0.1, 0.15) is 11.0 Å². The topological polar surface area (TPSA) is 72.9 Å². The number of fused-ring (bicyclic) bond motifs is 1. The SMILES string of the molecule is C=C(C(=O)OC)[C@H](c1ccc(C)cc1)[C@@]1(c2ccccc2)C(=O)N(C(=O)OC(C)(C)C)c2ccccc21. The van der Waals surface area contributed by atoms with Crippen molar-refractivity contribution >= 4 is 23.7 Å². The molecule has 0 aliphatic carbocycles. The number of para-hydroxylation sites is 1. The summed E-state index contributed by atoms with van der Waals surface area (Å²) in [6, 6.07) is 23.9. The number of nitrogens with zero attached hydrogens (tertiary/aromatic N) is 1. The molecule has 0 unspecified atom stereocenters. The Labute approximate surface area is 217 Å². The summed E-state index contributed by atoms with van der Waals surface area (Å²) in [6.07, 6.45) is -0.783. The number of rotatable bonds is 5. The first kappa shape index (κ1) is 25.9. The van der Waals surface area contributed by atoms with Gasteiger partial charge < -0.3 is 9.47 Å². The number of amides is 2. The highest BCUT2D eigenvalue weighted by molar-refractivity contribution is 6.23. The molecule has 2 amide bonds. The van der Waals surface area contributed by atoms with Gasteiger partial charge in [0.05, 0.1) is 12.8 Å². The molecule has 4 rings (SSSR count). The maximum absolute atomic E-state index is 14.7. The van der Waals surface area contributed by atoms with Gasteiger partial charge in [-0.3, -0.25) is 4.79 Å². The minimum atomic E-state index is -1.49. The Bertz CT molecular complexity index is 1350. The molecule has 1 heterocycles. The minimum Gasteiger partial charge on any atom is -0.466 e. The van der Waals surface area contributed by atoms with Gasteiger partial charge in [-0.2, -0.15) is 0 Å². The number of hydrogen-bond donors (Lipinski definition) is 0. The minimum absolute atomic E-state index is 0.101. The lowest BCUT2D eigenvalue weighted by Crippen LogP contribution is -2.49. The second-order valence-electron chi connectivity index (χ2n) is 10.2. The van der Waals surface area contributed by atoms with E-state index in [1.807, 2.05) is 73.7 Å². The van der Waals surface area contributed by atoms with Gasteiger partial charge in [-0.1, -0.05) is 84.9 Å². The fraction of sp³-hybridized carbons (Fsp3) is 0.258. The molecule has 0 saturated carbocycles. The zero-order chi connectivity index (χ0) is 27.0. The quantitative estimate of drug-likeness (QED) is 0.316. The van der Waals surface area contributed by atoms with E-state index in [-0.39, 0.29) is 5.57 Å². The summed E-state index contributed by atoms with van der Waals surface area (Å²) >= 11 is 0. The molecule has 1 aliphatic heterocycles. The van der Waals surface area contributed by atoms with E-state index in [1.54, 1.807) is 32.9 Å². The fourth-order valence-corrected chi connectivity index (χ4v) is 5.04. The summed E-state index contributed by atoms with van der Waals surface area (Å²) in [4.78, 5) is 42.3. The number of methoxy groups -OCH3 is 1. The predicted octanol–water partition coefficient (Wildman–Crippen LogP) is 6.08. The molecular weight excluding hydrogens is 466 g/mol. The third-order valence-corrected chi connectivity index (χ3v) is 6.56. The van der Waals surface area contributed by atoms with Gasteiger partial charge in [0.15, 0.2) is 0 Å². The third kappa shape index (κ3) is 4.44. The van der Waals surface area contributed by atoms with E-state index < -0.39 is 34.9 Å². The van der Waals surface area contributed by atoms with Crippen LogP contribution in [0.3, 0.4) is 0 Å². The molecule has 6 heteroatoms. The summed E-state index contributed by atoms with van der Waals surface area (Å²) < 4.78 is 10.7. The first-order valence-corrected chi connectivity index (χ1v) is 12.1. The van der Waals surface area contributed by atoms with Gasteiger partial charge in [-0.25, -0.2) is 14.5 Å². The van der Waals surface area contributed by atoms with E-state index in [9.17, 15) is 14.4 Å². The van der Waals surface area contributed by atoms with Crippen molar-refractivity contribution < 1.29 is 23.9 Å². The van der Waals surface area contributed by atoms with Crippen LogP contribution in [0.5, 0.6) is 0 Å². The number of carbonyl (C=O) groups is 3. The molecule has 3 aromatic carbocycles. The predicted molar refractivity (Wildman–Crippen MR) is 142 cm³/mol. The fourth-order valence-electron chi connectivity index (χ4n) is 5.04. The number of imide groups is 1. The molecule has 3 aromatic rings. The molecule has 0 fully saturated rings. The average Bonchev–Trinajstić information content (AvgIpc) is 3.13. The molecule has 2 atom stereocenters. The highest BCUT2D eigenvalue weighted by Gasteiger charge is 2.60. The molecule has 0 bridgehead atoms. The van der Waals surface area contributed by atoms with Crippen molar-refractivity contribution in [3.8, 4) is 0 Å². The number of esters is 1. The average molecular weight is 498 g/mol. The smallest absolute Gasteiger partial charge is 0.421 e. The molecule has 1 aliphatic rings. The van der Waals surface area contributed by atoms with Crippen LogP contribution in [0.25, 0.3) is 0 Å². The maximum atomic E-state index is 14.7. The molecule has 0 saturated heterocycles. The van der Waals surface area contributed by atoms with E-state index in [2.05, 4.69) is 6.58 Å². The largest absolute Gasteiger partial charge is 0.466 e. The molecule has 37 heavy (non-hydrogen) atoms. The number of ether oxygens (including phenoxy) is 2. The molecule has 0 N–H and O–H groups in total. The van der Waals surface area contributed by atoms with Crippen LogP contribution < -0.4 is 4.90 Å². The zero-order valence-electron chi connectivity index (χ0n) is 21.8. The second-order valence-corrected chi connectivity index (χ2v) is 10.2. The lowest BCUT2D eigenvalue weighted by Gasteiger charge is -2.38. The number of hydrogen-bond acceptors (Lipinski definition) is 5. The number of carbonyl (C=O) groups excluding carboxylic acids is 3. The Morgan fingerprint density at radius 3 is 2.11 bits per heavy atom. The number of aryl methyl sites for hydroxylation is 1. The van der Waals surface area contributed by atoms with Crippen molar-refractivity contribution in [1.82, 2.24) is 0 Å². The lowest BCUT2D eigenvalue weighted by atomic mass is 9.61. The van der Waals surface area contributed by atoms with Gasteiger partial charge >= 0.3 is 12.1 Å². The molecule has 0 aromatic heterocycles. The Balaban J connectivity index is 2.09. The Kier molecular flexibility index (Phi) is 6.78. The van der Waals surface area contributed by atoms with Crippen molar-refractivity contribution in [2.75, 3.05) is 12.0 Å². The summed E-state index contributed by atoms with van der Waals surface area (Å²) in [5, 5.41) is 0. The first-order chi connectivity index (χ1) is 17.5. The van der Waals surface area contributed by atoms with Crippen molar-refractivity contribution in [2.24, 2.45) is 0 Å². The van der Waals surface area contributed by atoms with Gasteiger partial charge in [0.2, 0.25) is 0 Å². The van der Waals surface area contributed by atoms with Gasteiger partial charge in [0.25, 0.3) is 5.91 Å². The van der Waals surface area contributed by atoms with Crippen LogP contribution in [-0.2, 0) is 24.5 Å². The first-order valence-electron chi connectivity index (χ1n) is 12.1. The Morgan fingerprint density at radius 2 is 1.51 bits per heavy atom. The van der Waals surface area contributed by atoms with Crippen LogP contribution in [0, 0.1) is 6.92 Å². The summed E-state index contributed by atoms with van der Waals surface area (Å²) in [6.45, 7) is 11.3. The zero-order valence-corrected chi connectivity index (χ0v) is 21.8. The van der Waals surface area contributed by atoms with E-state index in [0.717, 1.165) is 10.5 Å². The van der Waals surface area contributed by atoms with Crippen molar-refractivity contribution in [3.05, 3.63) is 113 Å². The maximum Gasteiger partial charge on any atom is 0.421 e. The molecule has 6 nitrogen and oxygen atoms in total.